The molecule has 1 aromatic heterocycles. The fourth-order valence-electron chi connectivity index (χ4n) is 4.86. The number of rotatable bonds is 17. The van der Waals surface area contributed by atoms with Gasteiger partial charge in [-0.25, -0.2) is 0 Å². The van der Waals surface area contributed by atoms with Gasteiger partial charge in [0.05, 0.1) is 30.1 Å². The maximum Gasteiger partial charge on any atom is 0.253 e. The summed E-state index contributed by atoms with van der Waals surface area (Å²) in [5.41, 5.74) is 1.43. The summed E-state index contributed by atoms with van der Waals surface area (Å²) in [5, 5.41) is 40.4. The molecule has 0 spiro atoms. The third-order valence-corrected chi connectivity index (χ3v) is 7.36. The van der Waals surface area contributed by atoms with Crippen LogP contribution in [0.3, 0.4) is 0 Å². The van der Waals surface area contributed by atoms with Crippen molar-refractivity contribution in [3.8, 4) is 6.07 Å². The van der Waals surface area contributed by atoms with E-state index in [1.54, 1.807) is 48.7 Å². The lowest BCUT2D eigenvalue weighted by atomic mass is 9.92. The average molecular weight is 600 g/mol. The van der Waals surface area contributed by atoms with Gasteiger partial charge in [0, 0.05) is 18.0 Å². The first kappa shape index (κ1) is 33.9. The Bertz CT molecular complexity index is 1350. The molecule has 10 heteroatoms. The number of hydrogen-bond donors (Lipinski definition) is 5. The standard InChI is InChI=1S/C34H41N5O5/c1-2-3-4-11-18-28(38-33(43)26-17-12-21-36-23-26)34(44)39-29(22-24-13-7-5-8-14-24)31(41)30(40)27(19-20-35)37-32(42)25-15-9-6-10-16-25/h5-10,12-17,21,23,27-31,40-41H,2-4,11,18-19,22H2,1H3,(H,37,42)(H,38,43)(H,39,44)/t27-,28+,29+,30+,31+/m0/s1. The second-order valence-corrected chi connectivity index (χ2v) is 10.7. The Morgan fingerprint density at radius 3 is 2.07 bits per heavy atom. The number of nitrogens with zero attached hydrogens (tertiary/aromatic N) is 2. The summed E-state index contributed by atoms with van der Waals surface area (Å²) in [6, 6.07) is 19.6. The van der Waals surface area contributed by atoms with E-state index in [0.29, 0.717) is 24.0 Å². The van der Waals surface area contributed by atoms with E-state index in [0.717, 1.165) is 24.8 Å². The van der Waals surface area contributed by atoms with Crippen molar-refractivity contribution in [1.29, 1.82) is 5.26 Å². The molecule has 3 rings (SSSR count). The zero-order valence-corrected chi connectivity index (χ0v) is 24.9. The van der Waals surface area contributed by atoms with Gasteiger partial charge >= 0.3 is 0 Å². The van der Waals surface area contributed by atoms with Gasteiger partial charge in [0.1, 0.15) is 18.2 Å². The van der Waals surface area contributed by atoms with Gasteiger partial charge in [-0.2, -0.15) is 5.26 Å². The van der Waals surface area contributed by atoms with Crippen molar-refractivity contribution in [2.45, 2.75) is 82.2 Å². The topological polar surface area (TPSA) is 164 Å². The van der Waals surface area contributed by atoms with E-state index < -0.39 is 48.1 Å². The molecule has 0 saturated carbocycles. The lowest BCUT2D eigenvalue weighted by molar-refractivity contribution is -0.125. The first-order valence-electron chi connectivity index (χ1n) is 15.0. The van der Waals surface area contributed by atoms with Gasteiger partial charge in [0.25, 0.3) is 11.8 Å². The average Bonchev–Trinajstić information content (AvgIpc) is 3.06. The van der Waals surface area contributed by atoms with Crippen LogP contribution in [0.15, 0.2) is 85.2 Å². The lowest BCUT2D eigenvalue weighted by Crippen LogP contribution is -2.59. The summed E-state index contributed by atoms with van der Waals surface area (Å²) in [5.74, 6) is -1.48. The van der Waals surface area contributed by atoms with Crippen LogP contribution < -0.4 is 16.0 Å². The first-order valence-corrected chi connectivity index (χ1v) is 15.0. The monoisotopic (exact) mass is 599 g/mol. The molecule has 0 fully saturated rings. The SMILES string of the molecule is CCCCCC[C@@H](NC(=O)c1cccnc1)C(=O)N[C@H](Cc1ccccc1)[C@@H](O)[C@H](O)[C@H](CC#N)NC(=O)c1ccccc1. The van der Waals surface area contributed by atoms with E-state index in [2.05, 4.69) is 27.9 Å². The Kier molecular flexibility index (Phi) is 14.0. The van der Waals surface area contributed by atoms with Crippen molar-refractivity contribution in [3.63, 3.8) is 0 Å². The second-order valence-electron chi connectivity index (χ2n) is 10.7. The van der Waals surface area contributed by atoms with Gasteiger partial charge in [-0.1, -0.05) is 81.1 Å². The maximum absolute atomic E-state index is 13.7. The summed E-state index contributed by atoms with van der Waals surface area (Å²) in [6.45, 7) is 2.08. The number of aromatic nitrogens is 1. The highest BCUT2D eigenvalue weighted by Crippen LogP contribution is 2.15. The van der Waals surface area contributed by atoms with Crippen LogP contribution >= 0.6 is 0 Å². The fourth-order valence-corrected chi connectivity index (χ4v) is 4.86. The lowest BCUT2D eigenvalue weighted by Gasteiger charge is -2.33. The predicted octanol–water partition coefficient (Wildman–Crippen LogP) is 3.31. The third-order valence-electron chi connectivity index (χ3n) is 7.36. The zero-order chi connectivity index (χ0) is 31.7. The first-order chi connectivity index (χ1) is 21.3. The summed E-state index contributed by atoms with van der Waals surface area (Å²) in [4.78, 5) is 43.5. The van der Waals surface area contributed by atoms with Crippen LogP contribution in [0.4, 0.5) is 0 Å². The van der Waals surface area contributed by atoms with E-state index >= 15 is 0 Å². The van der Waals surface area contributed by atoms with Gasteiger partial charge in [-0.05, 0) is 42.7 Å². The molecule has 0 unspecified atom stereocenters. The number of unbranched alkanes of at least 4 members (excludes halogenated alkanes) is 3. The highest BCUT2D eigenvalue weighted by atomic mass is 16.3. The number of pyridine rings is 1. The Balaban J connectivity index is 1.82. The molecule has 5 N–H and O–H groups in total. The number of aliphatic hydroxyl groups is 2. The molecule has 3 aromatic rings. The number of carbonyl (C=O) groups excluding carboxylic acids is 3. The molecular formula is C34H41N5O5. The molecule has 0 aliphatic heterocycles. The van der Waals surface area contributed by atoms with E-state index in [-0.39, 0.29) is 12.8 Å². The smallest absolute Gasteiger partial charge is 0.253 e. The van der Waals surface area contributed by atoms with Crippen molar-refractivity contribution in [2.75, 3.05) is 0 Å². The van der Waals surface area contributed by atoms with E-state index in [4.69, 9.17) is 0 Å². The Morgan fingerprint density at radius 1 is 0.795 bits per heavy atom. The molecule has 3 amide bonds. The summed E-state index contributed by atoms with van der Waals surface area (Å²) in [6.07, 6.45) is 3.63. The largest absolute Gasteiger partial charge is 0.388 e. The van der Waals surface area contributed by atoms with Crippen LogP contribution in [-0.2, 0) is 11.2 Å². The van der Waals surface area contributed by atoms with Crippen molar-refractivity contribution >= 4 is 17.7 Å². The minimum absolute atomic E-state index is 0.149. The predicted molar refractivity (Wildman–Crippen MR) is 166 cm³/mol. The summed E-state index contributed by atoms with van der Waals surface area (Å²) in [7, 11) is 0. The van der Waals surface area contributed by atoms with Crippen LogP contribution in [0, 0.1) is 11.3 Å². The van der Waals surface area contributed by atoms with Crippen molar-refractivity contribution in [3.05, 3.63) is 102 Å². The van der Waals surface area contributed by atoms with E-state index in [1.165, 1.54) is 6.20 Å². The van der Waals surface area contributed by atoms with Crippen LogP contribution in [-0.4, -0.2) is 63.3 Å². The molecule has 44 heavy (non-hydrogen) atoms. The maximum atomic E-state index is 13.7. The van der Waals surface area contributed by atoms with Crippen molar-refractivity contribution in [1.82, 2.24) is 20.9 Å². The molecule has 0 saturated heterocycles. The Labute approximate surface area is 258 Å². The molecule has 5 atom stereocenters. The summed E-state index contributed by atoms with van der Waals surface area (Å²) < 4.78 is 0. The minimum atomic E-state index is -1.59. The van der Waals surface area contributed by atoms with Crippen LogP contribution in [0.1, 0.15) is 71.7 Å². The molecule has 2 aromatic carbocycles. The van der Waals surface area contributed by atoms with Crippen LogP contribution in [0.5, 0.6) is 0 Å². The number of benzene rings is 2. The van der Waals surface area contributed by atoms with Gasteiger partial charge in [-0.15, -0.1) is 0 Å². The number of aliphatic hydroxyl groups excluding tert-OH is 2. The molecule has 0 radical (unpaired) electrons. The number of hydrogen-bond acceptors (Lipinski definition) is 7. The molecule has 0 aliphatic rings. The minimum Gasteiger partial charge on any atom is -0.388 e. The van der Waals surface area contributed by atoms with Crippen molar-refractivity contribution in [2.24, 2.45) is 0 Å². The Morgan fingerprint density at radius 2 is 1.43 bits per heavy atom. The summed E-state index contributed by atoms with van der Waals surface area (Å²) >= 11 is 0. The molecule has 232 valence electrons. The van der Waals surface area contributed by atoms with Gasteiger partial charge in [0.15, 0.2) is 0 Å². The molecule has 1 heterocycles. The molecule has 0 bridgehead atoms. The van der Waals surface area contributed by atoms with Crippen molar-refractivity contribution < 1.29 is 24.6 Å². The number of amides is 3. The Hall–Kier alpha value is -4.59. The second kappa shape index (κ2) is 18.2. The molecule has 0 aliphatic carbocycles. The highest BCUT2D eigenvalue weighted by Gasteiger charge is 2.35. The highest BCUT2D eigenvalue weighted by molar-refractivity contribution is 5.97. The molecular weight excluding hydrogens is 558 g/mol. The zero-order valence-electron chi connectivity index (χ0n) is 24.9. The van der Waals surface area contributed by atoms with E-state index in [9.17, 15) is 29.9 Å². The van der Waals surface area contributed by atoms with Gasteiger partial charge in [-0.3, -0.25) is 19.4 Å². The number of nitrogens with one attached hydrogen (secondary N) is 3. The fraction of sp³-hybridized carbons (Fsp3) is 0.382. The van der Waals surface area contributed by atoms with Gasteiger partial charge in [0.2, 0.25) is 5.91 Å². The number of carbonyl (C=O) groups is 3. The number of nitriles is 1. The quantitative estimate of drug-likeness (QED) is 0.149. The van der Waals surface area contributed by atoms with Gasteiger partial charge < -0.3 is 26.2 Å². The third kappa shape index (κ3) is 10.6. The van der Waals surface area contributed by atoms with Crippen LogP contribution in [0.2, 0.25) is 0 Å². The van der Waals surface area contributed by atoms with E-state index in [1.807, 2.05) is 36.4 Å². The molecule has 10 nitrogen and oxygen atoms in total. The normalized spacial score (nSPS) is 14.2. The van der Waals surface area contributed by atoms with Crippen LogP contribution in [0.25, 0.3) is 0 Å².